The topological polar surface area (TPSA) is 9.23 Å². The van der Waals surface area contributed by atoms with Crippen LogP contribution in [-0.4, -0.2) is 13.2 Å². The van der Waals surface area contributed by atoms with Gasteiger partial charge in [0.1, 0.15) is 0 Å². The summed E-state index contributed by atoms with van der Waals surface area (Å²) in [6.07, 6.45) is 16.9. The molecule has 152 valence electrons. The summed E-state index contributed by atoms with van der Waals surface area (Å²) in [6.45, 7) is 14.4. The highest BCUT2D eigenvalue weighted by atomic mass is 16.5. The Morgan fingerprint density at radius 3 is 1.76 bits per heavy atom. The van der Waals surface area contributed by atoms with E-state index in [4.69, 9.17) is 4.74 Å². The summed E-state index contributed by atoms with van der Waals surface area (Å²) >= 11 is 0. The van der Waals surface area contributed by atoms with Crippen molar-refractivity contribution >= 4 is 0 Å². The van der Waals surface area contributed by atoms with Gasteiger partial charge in [-0.15, -0.1) is 0 Å². The molecular formula is C24H50O. The van der Waals surface area contributed by atoms with Crippen LogP contribution >= 0.6 is 0 Å². The molecule has 0 saturated carbocycles. The Bertz CT molecular complexity index is 275. The summed E-state index contributed by atoms with van der Waals surface area (Å²) in [5, 5.41) is 0. The number of methoxy groups -OCH3 is 1. The molecule has 0 N–H and O–H groups in total. The monoisotopic (exact) mass is 354 g/mol. The van der Waals surface area contributed by atoms with Gasteiger partial charge in [-0.1, -0.05) is 106 Å². The molecule has 0 amide bonds. The predicted molar refractivity (Wildman–Crippen MR) is 114 cm³/mol. The average Bonchev–Trinajstić information content (AvgIpc) is 2.60. The normalized spacial score (nSPS) is 17.9. The van der Waals surface area contributed by atoms with Gasteiger partial charge in [0.25, 0.3) is 0 Å². The Hall–Kier alpha value is -0.0400. The molecule has 1 heteroatoms. The third-order valence-electron chi connectivity index (χ3n) is 6.53. The van der Waals surface area contributed by atoms with Crippen molar-refractivity contribution in [3.8, 4) is 0 Å². The first-order valence-corrected chi connectivity index (χ1v) is 11.5. The minimum Gasteiger partial charge on any atom is -0.381 e. The van der Waals surface area contributed by atoms with E-state index in [1.54, 1.807) is 0 Å². The summed E-state index contributed by atoms with van der Waals surface area (Å²) in [6, 6.07) is 0. The summed E-state index contributed by atoms with van der Waals surface area (Å²) in [5.41, 5.74) is 0. The summed E-state index contributed by atoms with van der Waals surface area (Å²) in [4.78, 5) is 0. The van der Waals surface area contributed by atoms with E-state index in [9.17, 15) is 0 Å². The lowest BCUT2D eigenvalue weighted by molar-refractivity contribution is 0.0168. The molecule has 0 aromatic rings. The second kappa shape index (κ2) is 16.2. The van der Waals surface area contributed by atoms with Crippen LogP contribution in [0.5, 0.6) is 0 Å². The van der Waals surface area contributed by atoms with E-state index < -0.39 is 0 Å². The van der Waals surface area contributed by atoms with E-state index in [1.165, 1.54) is 77.0 Å². The van der Waals surface area contributed by atoms with E-state index in [2.05, 4.69) is 41.5 Å². The number of hydrogen-bond donors (Lipinski definition) is 0. The van der Waals surface area contributed by atoms with Crippen molar-refractivity contribution in [3.63, 3.8) is 0 Å². The van der Waals surface area contributed by atoms with Crippen LogP contribution in [0.15, 0.2) is 0 Å². The molecule has 0 saturated heterocycles. The van der Waals surface area contributed by atoms with E-state index in [0.717, 1.165) is 17.8 Å². The third kappa shape index (κ3) is 12.1. The standard InChI is InChI=1S/C24H50O/c1-8-10-12-13-14-16-17-20(3)19-21(4)22(5)23(6)24(25-7)18-15-11-9-2/h20-24H,8-19H2,1-7H3. The predicted octanol–water partition coefficient (Wildman–Crippen LogP) is 8.27. The Balaban J connectivity index is 4.09. The second-order valence-electron chi connectivity index (χ2n) is 8.86. The highest BCUT2D eigenvalue weighted by Gasteiger charge is 2.27. The Labute approximate surface area is 160 Å². The molecule has 5 atom stereocenters. The molecule has 0 aromatic carbocycles. The number of hydrogen-bond acceptors (Lipinski definition) is 1. The fraction of sp³-hybridized carbons (Fsp3) is 1.00. The van der Waals surface area contributed by atoms with Gasteiger partial charge < -0.3 is 4.74 Å². The number of ether oxygens (including phenoxy) is 1. The molecule has 1 nitrogen and oxygen atoms in total. The van der Waals surface area contributed by atoms with E-state index in [0.29, 0.717) is 12.0 Å². The van der Waals surface area contributed by atoms with Gasteiger partial charge in [-0.2, -0.15) is 0 Å². The van der Waals surface area contributed by atoms with Gasteiger partial charge in [-0.3, -0.25) is 0 Å². The maximum Gasteiger partial charge on any atom is 0.0599 e. The molecule has 5 unspecified atom stereocenters. The van der Waals surface area contributed by atoms with Crippen LogP contribution in [0.2, 0.25) is 0 Å². The Morgan fingerprint density at radius 1 is 0.640 bits per heavy atom. The van der Waals surface area contributed by atoms with Crippen LogP contribution in [-0.2, 0) is 4.74 Å². The third-order valence-corrected chi connectivity index (χ3v) is 6.53. The first-order valence-electron chi connectivity index (χ1n) is 11.5. The molecule has 0 aliphatic rings. The zero-order valence-corrected chi connectivity index (χ0v) is 18.8. The summed E-state index contributed by atoms with van der Waals surface area (Å²) in [7, 11) is 1.91. The Morgan fingerprint density at radius 2 is 1.16 bits per heavy atom. The van der Waals surface area contributed by atoms with Crippen molar-refractivity contribution in [2.24, 2.45) is 23.7 Å². The molecule has 0 rings (SSSR count). The fourth-order valence-electron chi connectivity index (χ4n) is 4.29. The molecule has 25 heavy (non-hydrogen) atoms. The molecule has 0 fully saturated rings. The quantitative estimate of drug-likeness (QED) is 0.239. The summed E-state index contributed by atoms with van der Waals surface area (Å²) in [5.74, 6) is 3.09. The van der Waals surface area contributed by atoms with Crippen LogP contribution in [0.3, 0.4) is 0 Å². The smallest absolute Gasteiger partial charge is 0.0599 e. The van der Waals surface area contributed by atoms with Gasteiger partial charge in [0, 0.05) is 7.11 Å². The minimum atomic E-state index is 0.442. The zero-order chi connectivity index (χ0) is 19.1. The SMILES string of the molecule is CCCCCCCCC(C)CC(C)C(C)C(C)C(CCCCC)OC. The molecule has 0 spiro atoms. The highest BCUT2D eigenvalue weighted by Crippen LogP contribution is 2.32. The molecule has 0 aromatic heterocycles. The number of rotatable bonds is 17. The fourth-order valence-corrected chi connectivity index (χ4v) is 4.29. The van der Waals surface area contributed by atoms with Gasteiger partial charge >= 0.3 is 0 Å². The van der Waals surface area contributed by atoms with Gasteiger partial charge in [0.15, 0.2) is 0 Å². The van der Waals surface area contributed by atoms with Crippen LogP contribution < -0.4 is 0 Å². The molecule has 0 bridgehead atoms. The van der Waals surface area contributed by atoms with Crippen molar-refractivity contribution in [2.75, 3.05) is 7.11 Å². The maximum atomic E-state index is 5.85. The van der Waals surface area contributed by atoms with E-state index in [1.807, 2.05) is 7.11 Å². The Kier molecular flexibility index (Phi) is 16.1. The van der Waals surface area contributed by atoms with Gasteiger partial charge in [-0.05, 0) is 36.5 Å². The lowest BCUT2D eigenvalue weighted by Crippen LogP contribution is -2.30. The van der Waals surface area contributed by atoms with Crippen LogP contribution in [0.25, 0.3) is 0 Å². The lowest BCUT2D eigenvalue weighted by Gasteiger charge is -2.33. The van der Waals surface area contributed by atoms with Crippen molar-refractivity contribution in [2.45, 2.75) is 125 Å². The van der Waals surface area contributed by atoms with Crippen molar-refractivity contribution in [1.82, 2.24) is 0 Å². The van der Waals surface area contributed by atoms with Crippen LogP contribution in [0.1, 0.15) is 119 Å². The van der Waals surface area contributed by atoms with E-state index >= 15 is 0 Å². The second-order valence-corrected chi connectivity index (χ2v) is 8.86. The van der Waals surface area contributed by atoms with E-state index in [-0.39, 0.29) is 0 Å². The largest absolute Gasteiger partial charge is 0.381 e. The molecule has 0 aliphatic heterocycles. The lowest BCUT2D eigenvalue weighted by atomic mass is 9.76. The van der Waals surface area contributed by atoms with Crippen LogP contribution in [0.4, 0.5) is 0 Å². The van der Waals surface area contributed by atoms with Gasteiger partial charge in [0.05, 0.1) is 6.10 Å². The average molecular weight is 355 g/mol. The molecular weight excluding hydrogens is 304 g/mol. The summed E-state index contributed by atoms with van der Waals surface area (Å²) < 4.78 is 5.85. The van der Waals surface area contributed by atoms with Crippen molar-refractivity contribution in [3.05, 3.63) is 0 Å². The highest BCUT2D eigenvalue weighted by molar-refractivity contribution is 4.76. The minimum absolute atomic E-state index is 0.442. The molecule has 0 radical (unpaired) electrons. The first-order chi connectivity index (χ1) is 12.0. The van der Waals surface area contributed by atoms with Gasteiger partial charge in [0.2, 0.25) is 0 Å². The first kappa shape index (κ1) is 25.0. The van der Waals surface area contributed by atoms with Gasteiger partial charge in [-0.25, -0.2) is 0 Å². The molecule has 0 aliphatic carbocycles. The van der Waals surface area contributed by atoms with Crippen molar-refractivity contribution in [1.29, 1.82) is 0 Å². The van der Waals surface area contributed by atoms with Crippen molar-refractivity contribution < 1.29 is 4.74 Å². The zero-order valence-electron chi connectivity index (χ0n) is 18.8. The number of unbranched alkanes of at least 4 members (excludes halogenated alkanes) is 7. The van der Waals surface area contributed by atoms with Crippen LogP contribution in [0, 0.1) is 23.7 Å². The molecule has 0 heterocycles. The maximum absolute atomic E-state index is 5.85.